The summed E-state index contributed by atoms with van der Waals surface area (Å²) in [4.78, 5) is 0. The highest BCUT2D eigenvalue weighted by Gasteiger charge is 2.17. The Morgan fingerprint density at radius 3 is 2.09 bits per heavy atom. The summed E-state index contributed by atoms with van der Waals surface area (Å²) in [5.74, 6) is 0. The van der Waals surface area contributed by atoms with Crippen molar-refractivity contribution >= 4 is 15.9 Å². The van der Waals surface area contributed by atoms with E-state index in [9.17, 15) is 8.78 Å². The minimum absolute atomic E-state index is 0.358. The van der Waals surface area contributed by atoms with Crippen LogP contribution in [0, 0.1) is 0 Å². The van der Waals surface area contributed by atoms with E-state index in [1.54, 1.807) is 30.3 Å². The SMILES string of the molecule is FC(Br)C(F)c1ccccc1. The monoisotopic (exact) mass is 220 g/mol. The molecule has 0 aliphatic heterocycles. The van der Waals surface area contributed by atoms with Gasteiger partial charge in [-0.3, -0.25) is 0 Å². The van der Waals surface area contributed by atoms with E-state index in [0.717, 1.165) is 0 Å². The van der Waals surface area contributed by atoms with Crippen molar-refractivity contribution in [3.05, 3.63) is 35.9 Å². The van der Waals surface area contributed by atoms with E-state index in [4.69, 9.17) is 0 Å². The van der Waals surface area contributed by atoms with Crippen molar-refractivity contribution in [3.63, 3.8) is 0 Å². The highest BCUT2D eigenvalue weighted by Crippen LogP contribution is 2.26. The molecule has 0 saturated heterocycles. The molecule has 0 spiro atoms. The molecule has 1 aromatic rings. The summed E-state index contributed by atoms with van der Waals surface area (Å²) in [5.41, 5.74) is 0.358. The number of hydrogen-bond acceptors (Lipinski definition) is 0. The molecule has 1 aromatic carbocycles. The molecule has 0 bridgehead atoms. The Bertz CT molecular complexity index is 211. The molecule has 11 heavy (non-hydrogen) atoms. The lowest BCUT2D eigenvalue weighted by atomic mass is 10.1. The molecule has 0 fully saturated rings. The summed E-state index contributed by atoms with van der Waals surface area (Å²) in [7, 11) is 0. The van der Waals surface area contributed by atoms with Crippen molar-refractivity contribution in [2.75, 3.05) is 0 Å². The first-order valence-electron chi connectivity index (χ1n) is 3.19. The van der Waals surface area contributed by atoms with Gasteiger partial charge in [0.05, 0.1) is 0 Å². The van der Waals surface area contributed by atoms with Crippen LogP contribution in [0.1, 0.15) is 11.7 Å². The molecule has 2 atom stereocenters. The standard InChI is InChI=1S/C8H7BrF2/c9-8(11)7(10)6-4-2-1-3-5-6/h1-5,7-8H. The zero-order valence-corrected chi connectivity index (χ0v) is 7.26. The normalized spacial score (nSPS) is 15.9. The highest BCUT2D eigenvalue weighted by atomic mass is 79.9. The summed E-state index contributed by atoms with van der Waals surface area (Å²) in [6.45, 7) is 0. The smallest absolute Gasteiger partial charge is 0.190 e. The van der Waals surface area contributed by atoms with Gasteiger partial charge in [-0.15, -0.1) is 0 Å². The maximum Gasteiger partial charge on any atom is 0.190 e. The molecule has 0 N–H and O–H groups in total. The maximum absolute atomic E-state index is 12.8. The number of benzene rings is 1. The van der Waals surface area contributed by atoms with Crippen LogP contribution in [0.25, 0.3) is 0 Å². The number of hydrogen-bond donors (Lipinski definition) is 0. The van der Waals surface area contributed by atoms with E-state index < -0.39 is 11.3 Å². The third-order valence-electron chi connectivity index (χ3n) is 1.34. The molecule has 2 unspecified atom stereocenters. The van der Waals surface area contributed by atoms with E-state index in [0.29, 0.717) is 5.56 Å². The van der Waals surface area contributed by atoms with Crippen LogP contribution < -0.4 is 0 Å². The first-order chi connectivity index (χ1) is 5.22. The Morgan fingerprint density at radius 1 is 1.09 bits per heavy atom. The Morgan fingerprint density at radius 2 is 1.64 bits per heavy atom. The molecular formula is C8H7BrF2. The Balaban J connectivity index is 2.77. The van der Waals surface area contributed by atoms with Gasteiger partial charge in [0, 0.05) is 0 Å². The molecule has 0 heterocycles. The van der Waals surface area contributed by atoms with Crippen LogP contribution in [0.3, 0.4) is 0 Å². The second-order valence-corrected chi connectivity index (χ2v) is 3.02. The van der Waals surface area contributed by atoms with E-state index in [1.807, 2.05) is 0 Å². The number of rotatable bonds is 2. The molecule has 0 nitrogen and oxygen atoms in total. The van der Waals surface area contributed by atoms with Crippen LogP contribution in [0.15, 0.2) is 30.3 Å². The van der Waals surface area contributed by atoms with Gasteiger partial charge in [-0.2, -0.15) is 0 Å². The van der Waals surface area contributed by atoms with Gasteiger partial charge in [0.15, 0.2) is 11.3 Å². The van der Waals surface area contributed by atoms with Crippen molar-refractivity contribution in [1.29, 1.82) is 0 Å². The van der Waals surface area contributed by atoms with E-state index in [1.165, 1.54) is 0 Å². The lowest BCUT2D eigenvalue weighted by Crippen LogP contribution is -2.00. The molecule has 0 radical (unpaired) electrons. The number of alkyl halides is 3. The molecule has 0 aromatic heterocycles. The zero-order chi connectivity index (χ0) is 8.27. The molecule has 0 amide bonds. The van der Waals surface area contributed by atoms with Gasteiger partial charge in [0.1, 0.15) is 0 Å². The Labute approximate surface area is 72.4 Å². The van der Waals surface area contributed by atoms with Crippen LogP contribution in [0.2, 0.25) is 0 Å². The maximum atomic E-state index is 12.8. The van der Waals surface area contributed by atoms with Crippen molar-refractivity contribution in [3.8, 4) is 0 Å². The first kappa shape index (κ1) is 8.65. The van der Waals surface area contributed by atoms with Gasteiger partial charge >= 0.3 is 0 Å². The van der Waals surface area contributed by atoms with Gasteiger partial charge in [0.2, 0.25) is 0 Å². The number of halogens is 3. The Kier molecular flexibility index (Phi) is 3.00. The minimum Gasteiger partial charge on any atom is -0.238 e. The second-order valence-electron chi connectivity index (χ2n) is 2.15. The van der Waals surface area contributed by atoms with E-state index >= 15 is 0 Å². The molecule has 0 aliphatic carbocycles. The molecule has 1 rings (SSSR count). The fourth-order valence-electron chi connectivity index (χ4n) is 0.782. The predicted octanol–water partition coefficient (Wildman–Crippen LogP) is 3.39. The Hall–Kier alpha value is -0.440. The summed E-state index contributed by atoms with van der Waals surface area (Å²) < 4.78 is 25.2. The van der Waals surface area contributed by atoms with Crippen molar-refractivity contribution < 1.29 is 8.78 Å². The van der Waals surface area contributed by atoms with Crippen LogP contribution in [-0.2, 0) is 0 Å². The third-order valence-corrected chi connectivity index (χ3v) is 1.80. The van der Waals surface area contributed by atoms with Crippen LogP contribution >= 0.6 is 15.9 Å². The summed E-state index contributed by atoms with van der Waals surface area (Å²) in [6, 6.07) is 8.23. The summed E-state index contributed by atoms with van der Waals surface area (Å²) in [6.07, 6.45) is -1.57. The lowest BCUT2D eigenvalue weighted by Gasteiger charge is -2.06. The average molecular weight is 221 g/mol. The zero-order valence-electron chi connectivity index (χ0n) is 5.68. The van der Waals surface area contributed by atoms with Crippen LogP contribution in [-0.4, -0.2) is 5.08 Å². The van der Waals surface area contributed by atoms with Gasteiger partial charge in [-0.25, -0.2) is 8.78 Å². The molecule has 0 aliphatic rings. The molecule has 0 saturated carbocycles. The topological polar surface area (TPSA) is 0 Å². The largest absolute Gasteiger partial charge is 0.238 e. The minimum atomic E-state index is -1.62. The van der Waals surface area contributed by atoms with Crippen molar-refractivity contribution in [2.45, 2.75) is 11.3 Å². The fourth-order valence-corrected chi connectivity index (χ4v) is 1.09. The summed E-state index contributed by atoms with van der Waals surface area (Å²) in [5, 5.41) is -1.62. The van der Waals surface area contributed by atoms with Gasteiger partial charge < -0.3 is 0 Å². The van der Waals surface area contributed by atoms with Crippen molar-refractivity contribution in [1.82, 2.24) is 0 Å². The lowest BCUT2D eigenvalue weighted by molar-refractivity contribution is 0.245. The predicted molar refractivity (Wildman–Crippen MR) is 44.1 cm³/mol. The quantitative estimate of drug-likeness (QED) is 0.671. The first-order valence-corrected chi connectivity index (χ1v) is 4.10. The summed E-state index contributed by atoms with van der Waals surface area (Å²) >= 11 is 2.53. The molecule has 3 heteroatoms. The van der Waals surface area contributed by atoms with Crippen LogP contribution in [0.5, 0.6) is 0 Å². The average Bonchev–Trinajstić information content (AvgIpc) is 2.05. The fraction of sp³-hybridized carbons (Fsp3) is 0.250. The van der Waals surface area contributed by atoms with Gasteiger partial charge in [-0.05, 0) is 21.5 Å². The second kappa shape index (κ2) is 3.81. The highest BCUT2D eigenvalue weighted by molar-refractivity contribution is 9.09. The van der Waals surface area contributed by atoms with Gasteiger partial charge in [0.25, 0.3) is 0 Å². The third kappa shape index (κ3) is 2.26. The van der Waals surface area contributed by atoms with Crippen LogP contribution in [0.4, 0.5) is 8.78 Å². The molecular weight excluding hydrogens is 214 g/mol. The van der Waals surface area contributed by atoms with E-state index in [-0.39, 0.29) is 0 Å². The van der Waals surface area contributed by atoms with Gasteiger partial charge in [-0.1, -0.05) is 30.3 Å². The van der Waals surface area contributed by atoms with E-state index in [2.05, 4.69) is 15.9 Å². The van der Waals surface area contributed by atoms with Crippen molar-refractivity contribution in [2.24, 2.45) is 0 Å². The molecule has 60 valence electrons.